The van der Waals surface area contributed by atoms with Crippen molar-refractivity contribution in [3.8, 4) is 0 Å². The maximum Gasteiger partial charge on any atom is 0.249 e. The molecule has 0 saturated carbocycles. The lowest BCUT2D eigenvalue weighted by atomic mass is 10.0. The van der Waals surface area contributed by atoms with Crippen LogP contribution < -0.4 is 10.9 Å². The minimum atomic E-state index is -1.74. The third-order valence-electron chi connectivity index (χ3n) is 4.00. The summed E-state index contributed by atoms with van der Waals surface area (Å²) in [6.45, 7) is 0.557. The van der Waals surface area contributed by atoms with Crippen molar-refractivity contribution in [1.82, 2.24) is 4.98 Å². The smallest absolute Gasteiger partial charge is 0.249 e. The van der Waals surface area contributed by atoms with Gasteiger partial charge in [0.15, 0.2) is 5.78 Å². The minimum Gasteiger partial charge on any atom is -0.394 e. The molecule has 2 aromatic rings. The van der Waals surface area contributed by atoms with Crippen LogP contribution in [0.5, 0.6) is 0 Å². The van der Waals surface area contributed by atoms with E-state index in [1.54, 1.807) is 6.07 Å². The zero-order valence-electron chi connectivity index (χ0n) is 13.9. The normalized spacial score (nSPS) is 15.9. The summed E-state index contributed by atoms with van der Waals surface area (Å²) in [7, 11) is 0. The molecule has 0 spiro atoms. The van der Waals surface area contributed by atoms with Crippen molar-refractivity contribution in [2.24, 2.45) is 0 Å². The van der Waals surface area contributed by atoms with E-state index in [4.69, 9.17) is 5.11 Å². The fourth-order valence-electron chi connectivity index (χ4n) is 2.58. The topological polar surface area (TPSA) is 160 Å². The monoisotopic (exact) mass is 364 g/mol. The zero-order valence-corrected chi connectivity index (χ0v) is 13.9. The number of rotatable bonds is 8. The number of aromatic amines is 1. The quantitative estimate of drug-likeness (QED) is 0.251. The standard InChI is InChI=1S/C17H20N2O7/c1-8(22)11-5-15(24)19-12-4-9(2-3-10(11)12)18-13(6-20)16(25)17(26)14(23)7-21/h2-6,13-14,16-18,21,23,25-26H,7H2,1H3,(H,19,24)/t13-,14+,16+,17+/m0/s1. The molecule has 0 radical (unpaired) electrons. The lowest BCUT2D eigenvalue weighted by Crippen LogP contribution is -2.49. The minimum absolute atomic E-state index is 0.253. The molecule has 1 aromatic carbocycles. The number of nitrogens with one attached hydrogen (secondary N) is 2. The number of carbonyl (C=O) groups excluding carboxylic acids is 2. The molecule has 0 saturated heterocycles. The average Bonchev–Trinajstić information content (AvgIpc) is 2.62. The van der Waals surface area contributed by atoms with Gasteiger partial charge in [0.05, 0.1) is 12.1 Å². The number of hydrogen-bond donors (Lipinski definition) is 6. The van der Waals surface area contributed by atoms with Crippen LogP contribution in [0.4, 0.5) is 5.69 Å². The Morgan fingerprint density at radius 3 is 2.50 bits per heavy atom. The lowest BCUT2D eigenvalue weighted by Gasteiger charge is -2.26. The first-order valence-corrected chi connectivity index (χ1v) is 7.83. The molecule has 0 aliphatic heterocycles. The number of aliphatic hydroxyl groups is 4. The van der Waals surface area contributed by atoms with Crippen molar-refractivity contribution in [3.05, 3.63) is 40.2 Å². The van der Waals surface area contributed by atoms with Crippen LogP contribution in [0.25, 0.3) is 10.9 Å². The van der Waals surface area contributed by atoms with Crippen molar-refractivity contribution >= 4 is 28.7 Å². The molecule has 9 heteroatoms. The third-order valence-corrected chi connectivity index (χ3v) is 4.00. The van der Waals surface area contributed by atoms with Gasteiger partial charge in [0.1, 0.15) is 30.6 Å². The predicted octanol–water partition coefficient (Wildman–Crippen LogP) is -1.21. The summed E-state index contributed by atoms with van der Waals surface area (Å²) >= 11 is 0. The molecule has 0 fully saturated rings. The molecule has 0 bridgehead atoms. The first-order chi connectivity index (χ1) is 12.3. The Bertz CT molecular complexity index is 864. The van der Waals surface area contributed by atoms with E-state index in [1.165, 1.54) is 25.1 Å². The molecule has 26 heavy (non-hydrogen) atoms. The molecule has 0 aliphatic carbocycles. The van der Waals surface area contributed by atoms with Crippen molar-refractivity contribution in [3.63, 3.8) is 0 Å². The molecule has 0 amide bonds. The van der Waals surface area contributed by atoms with E-state index in [2.05, 4.69) is 10.3 Å². The second-order valence-electron chi connectivity index (χ2n) is 5.90. The number of aldehydes is 1. The van der Waals surface area contributed by atoms with E-state index in [-0.39, 0.29) is 11.3 Å². The number of aliphatic hydroxyl groups excluding tert-OH is 4. The van der Waals surface area contributed by atoms with E-state index in [0.717, 1.165) is 0 Å². The summed E-state index contributed by atoms with van der Waals surface area (Å²) < 4.78 is 0. The van der Waals surface area contributed by atoms with E-state index >= 15 is 0 Å². The number of anilines is 1. The highest BCUT2D eigenvalue weighted by molar-refractivity contribution is 6.06. The van der Waals surface area contributed by atoms with Crippen molar-refractivity contribution in [2.75, 3.05) is 11.9 Å². The van der Waals surface area contributed by atoms with Crippen LogP contribution in [-0.2, 0) is 4.79 Å². The lowest BCUT2D eigenvalue weighted by molar-refractivity contribution is -0.117. The van der Waals surface area contributed by atoms with E-state index in [0.29, 0.717) is 22.9 Å². The number of Topliss-reactive ketones (excluding diaryl/α,β-unsaturated/α-hetero) is 1. The van der Waals surface area contributed by atoms with Crippen molar-refractivity contribution in [2.45, 2.75) is 31.3 Å². The molecule has 4 atom stereocenters. The summed E-state index contributed by atoms with van der Waals surface area (Å²) in [5.41, 5.74) is 0.468. The fraction of sp³-hybridized carbons (Fsp3) is 0.353. The number of ketones is 1. The van der Waals surface area contributed by atoms with E-state index in [9.17, 15) is 29.7 Å². The molecule has 1 aromatic heterocycles. The van der Waals surface area contributed by atoms with Crippen LogP contribution >= 0.6 is 0 Å². The molecule has 9 nitrogen and oxygen atoms in total. The van der Waals surface area contributed by atoms with Crippen LogP contribution in [0.1, 0.15) is 17.3 Å². The highest BCUT2D eigenvalue weighted by atomic mass is 16.4. The zero-order chi connectivity index (χ0) is 19.4. The Balaban J connectivity index is 2.33. The van der Waals surface area contributed by atoms with Crippen LogP contribution in [0.3, 0.4) is 0 Å². The van der Waals surface area contributed by atoms with Crippen LogP contribution in [-0.4, -0.2) is 68.4 Å². The third kappa shape index (κ3) is 4.14. The number of aromatic nitrogens is 1. The first kappa shape index (κ1) is 19.7. The van der Waals surface area contributed by atoms with Gasteiger partial charge in [-0.15, -0.1) is 0 Å². The molecule has 2 rings (SSSR count). The Morgan fingerprint density at radius 2 is 1.92 bits per heavy atom. The predicted molar refractivity (Wildman–Crippen MR) is 93.2 cm³/mol. The maximum atomic E-state index is 11.7. The summed E-state index contributed by atoms with van der Waals surface area (Å²) in [4.78, 5) is 37.2. The van der Waals surface area contributed by atoms with Crippen LogP contribution in [0, 0.1) is 0 Å². The highest BCUT2D eigenvalue weighted by Crippen LogP contribution is 2.21. The Morgan fingerprint density at radius 1 is 1.23 bits per heavy atom. The number of carbonyl (C=O) groups is 2. The molecule has 6 N–H and O–H groups in total. The second-order valence-corrected chi connectivity index (χ2v) is 5.90. The van der Waals surface area contributed by atoms with Crippen LogP contribution in [0.15, 0.2) is 29.1 Å². The fourth-order valence-corrected chi connectivity index (χ4v) is 2.58. The SMILES string of the molecule is CC(=O)c1cc(=O)[nH]c2cc(N[C@@H](C=O)[C@@H](O)[C@H](O)[C@H](O)CO)ccc12. The Labute approximate surface area is 147 Å². The second kappa shape index (κ2) is 8.19. The van der Waals surface area contributed by atoms with Gasteiger partial charge < -0.3 is 35.5 Å². The number of fused-ring (bicyclic) bond motifs is 1. The number of benzene rings is 1. The van der Waals surface area contributed by atoms with Gasteiger partial charge in [-0.05, 0) is 19.1 Å². The summed E-state index contributed by atoms with van der Waals surface area (Å²) in [6, 6.07) is 4.48. The number of pyridine rings is 1. The van der Waals surface area contributed by atoms with Crippen LogP contribution in [0.2, 0.25) is 0 Å². The summed E-state index contributed by atoms with van der Waals surface area (Å²) in [5.74, 6) is -0.274. The number of H-pyrrole nitrogens is 1. The van der Waals surface area contributed by atoms with Crippen molar-refractivity contribution in [1.29, 1.82) is 0 Å². The van der Waals surface area contributed by atoms with Gasteiger partial charge in [0.25, 0.3) is 0 Å². The van der Waals surface area contributed by atoms with E-state index in [1.807, 2.05) is 0 Å². The molecule has 1 heterocycles. The van der Waals surface area contributed by atoms with Gasteiger partial charge in [-0.1, -0.05) is 6.07 Å². The first-order valence-electron chi connectivity index (χ1n) is 7.83. The molecular formula is C17H20N2O7. The number of hydrogen-bond acceptors (Lipinski definition) is 8. The molecule has 140 valence electrons. The van der Waals surface area contributed by atoms with Crippen molar-refractivity contribution < 1.29 is 30.0 Å². The van der Waals surface area contributed by atoms with Gasteiger partial charge in [-0.2, -0.15) is 0 Å². The highest BCUT2D eigenvalue weighted by Gasteiger charge is 2.31. The van der Waals surface area contributed by atoms with Gasteiger partial charge in [-0.25, -0.2) is 0 Å². The molecule has 0 aliphatic rings. The van der Waals surface area contributed by atoms with Gasteiger partial charge in [0.2, 0.25) is 5.56 Å². The maximum absolute atomic E-state index is 11.7. The largest absolute Gasteiger partial charge is 0.394 e. The van der Waals surface area contributed by atoms with Gasteiger partial charge >= 0.3 is 0 Å². The Hall–Kier alpha value is -2.59. The average molecular weight is 364 g/mol. The molecule has 0 unspecified atom stereocenters. The summed E-state index contributed by atoms with van der Waals surface area (Å²) in [6.07, 6.45) is -4.70. The van der Waals surface area contributed by atoms with Gasteiger partial charge in [0, 0.05) is 22.7 Å². The Kier molecular flexibility index (Phi) is 6.22. The summed E-state index contributed by atoms with van der Waals surface area (Å²) in [5, 5.41) is 41.1. The van der Waals surface area contributed by atoms with E-state index < -0.39 is 36.5 Å². The van der Waals surface area contributed by atoms with Gasteiger partial charge in [-0.3, -0.25) is 9.59 Å². The molecular weight excluding hydrogens is 344 g/mol.